The highest BCUT2D eigenvalue weighted by Gasteiger charge is 2.22. The topological polar surface area (TPSA) is 105 Å². The summed E-state index contributed by atoms with van der Waals surface area (Å²) in [6, 6.07) is 4.82. The van der Waals surface area contributed by atoms with Gasteiger partial charge in [-0.3, -0.25) is 4.68 Å². The van der Waals surface area contributed by atoms with Crippen molar-refractivity contribution in [3.8, 4) is 0 Å². The van der Waals surface area contributed by atoms with Crippen LogP contribution < -0.4 is 5.32 Å². The van der Waals surface area contributed by atoms with Crippen molar-refractivity contribution in [2.75, 3.05) is 20.6 Å². The van der Waals surface area contributed by atoms with Gasteiger partial charge in [0, 0.05) is 38.3 Å². The van der Waals surface area contributed by atoms with Crippen LogP contribution in [-0.2, 0) is 23.0 Å². The van der Waals surface area contributed by atoms with E-state index < -0.39 is 21.9 Å². The number of hydrogen-bond donors (Lipinski definition) is 2. The summed E-state index contributed by atoms with van der Waals surface area (Å²) >= 11 is 6.28. The van der Waals surface area contributed by atoms with Gasteiger partial charge in [0.2, 0.25) is 10.0 Å². The van der Waals surface area contributed by atoms with Crippen LogP contribution in [0.15, 0.2) is 35.0 Å². The summed E-state index contributed by atoms with van der Waals surface area (Å²) in [6.07, 6.45) is 0.392. The minimum Gasteiger partial charge on any atom is -0.465 e. The van der Waals surface area contributed by atoms with Crippen LogP contribution in [0, 0.1) is 6.92 Å². The molecule has 8 nitrogen and oxygen atoms in total. The summed E-state index contributed by atoms with van der Waals surface area (Å²) in [7, 11) is -0.770. The third kappa shape index (κ3) is 6.08. The highest BCUT2D eigenvalue weighted by molar-refractivity contribution is 7.89. The fourth-order valence-electron chi connectivity index (χ4n) is 3.34. The van der Waals surface area contributed by atoms with Gasteiger partial charge in [0.15, 0.2) is 0 Å². The van der Waals surface area contributed by atoms with Gasteiger partial charge in [-0.05, 0) is 36.6 Å². The Kier molecular flexibility index (Phi) is 8.44. The molecule has 0 atom stereocenters. The van der Waals surface area contributed by atoms with Crippen molar-refractivity contribution in [1.82, 2.24) is 19.4 Å². The molecule has 0 bridgehead atoms. The first kappa shape index (κ1) is 25.8. The number of nitrogens with zero attached hydrogens (tertiary/aromatic N) is 3. The van der Waals surface area contributed by atoms with Gasteiger partial charge in [0.05, 0.1) is 17.3 Å². The number of hydrogen-bond acceptors (Lipinski definition) is 4. The van der Waals surface area contributed by atoms with Crippen LogP contribution in [0.25, 0.3) is 0 Å². The number of carbonyl (C=O) groups is 1. The average Bonchev–Trinajstić information content (AvgIpc) is 2.96. The first-order chi connectivity index (χ1) is 14.8. The first-order valence-corrected chi connectivity index (χ1v) is 11.7. The van der Waals surface area contributed by atoms with Gasteiger partial charge in [-0.1, -0.05) is 31.5 Å². The predicted octanol–water partition coefficient (Wildman–Crippen LogP) is 3.93. The molecule has 2 rings (SSSR count). The van der Waals surface area contributed by atoms with Crippen LogP contribution in [0.4, 0.5) is 9.18 Å². The molecule has 1 amide bonds. The molecule has 0 unspecified atom stereocenters. The highest BCUT2D eigenvalue weighted by Crippen LogP contribution is 2.29. The van der Waals surface area contributed by atoms with Gasteiger partial charge >= 0.3 is 6.09 Å². The lowest BCUT2D eigenvalue weighted by molar-refractivity contribution is 0.195. The number of rotatable bonds is 9. The summed E-state index contributed by atoms with van der Waals surface area (Å²) in [5.74, 6) is -0.462. The van der Waals surface area contributed by atoms with E-state index in [1.54, 1.807) is 16.8 Å². The normalized spacial score (nSPS) is 12.6. The second-order valence-corrected chi connectivity index (χ2v) is 10.4. The summed E-state index contributed by atoms with van der Waals surface area (Å²) < 4.78 is 41.8. The number of allylic oxidation sites excluding steroid dienone is 1. The smallest absolute Gasteiger partial charge is 0.404 e. The number of halogens is 2. The monoisotopic (exact) mass is 486 g/mol. The van der Waals surface area contributed by atoms with E-state index in [0.29, 0.717) is 6.42 Å². The Morgan fingerprint density at radius 3 is 2.56 bits per heavy atom. The number of aromatic nitrogens is 2. The molecule has 1 aromatic heterocycles. The van der Waals surface area contributed by atoms with Crippen molar-refractivity contribution in [3.05, 3.63) is 57.6 Å². The average molecular weight is 487 g/mol. The van der Waals surface area contributed by atoms with Crippen LogP contribution >= 0.6 is 11.6 Å². The molecule has 0 saturated carbocycles. The van der Waals surface area contributed by atoms with Crippen LogP contribution in [0.5, 0.6) is 0 Å². The zero-order valence-corrected chi connectivity index (χ0v) is 20.3. The van der Waals surface area contributed by atoms with E-state index in [4.69, 9.17) is 16.7 Å². The standard InChI is InChI=1S/C21H28ClFN4O4S/c1-13(2)20-17(14(3)25-27(20)12-16(23)8-9-24-21(28)29)10-15-6-7-19(18(22)11-15)32(30,31)26(4)5/h6-8,11,13,24H,9-10,12H2,1-5H3,(H,28,29)/b16-8-. The lowest BCUT2D eigenvalue weighted by Gasteiger charge is -2.15. The SMILES string of the molecule is Cc1nn(C/C(F)=C/CNC(=O)O)c(C(C)C)c1Cc1ccc(S(=O)(=O)N(C)C)c(Cl)c1. The minimum atomic E-state index is -3.65. The maximum Gasteiger partial charge on any atom is 0.404 e. The van der Waals surface area contributed by atoms with E-state index in [1.807, 2.05) is 20.8 Å². The molecule has 0 aliphatic heterocycles. The quantitative estimate of drug-likeness (QED) is 0.558. The molecular weight excluding hydrogens is 459 g/mol. The lowest BCUT2D eigenvalue weighted by atomic mass is 9.97. The zero-order chi connectivity index (χ0) is 24.2. The largest absolute Gasteiger partial charge is 0.465 e. The maximum absolute atomic E-state index is 14.3. The van der Waals surface area contributed by atoms with Gasteiger partial charge < -0.3 is 10.4 Å². The third-order valence-electron chi connectivity index (χ3n) is 4.86. The molecule has 1 heterocycles. The Labute approximate surface area is 192 Å². The van der Waals surface area contributed by atoms with Crippen molar-refractivity contribution >= 4 is 27.7 Å². The fraction of sp³-hybridized carbons (Fsp3) is 0.429. The Balaban J connectivity index is 2.35. The van der Waals surface area contributed by atoms with E-state index >= 15 is 0 Å². The summed E-state index contributed by atoms with van der Waals surface area (Å²) in [4.78, 5) is 10.5. The Bertz CT molecular complexity index is 1130. The molecule has 2 N–H and O–H groups in total. The predicted molar refractivity (Wildman–Crippen MR) is 121 cm³/mol. The molecule has 0 saturated heterocycles. The van der Waals surface area contributed by atoms with Gasteiger partial charge in [0.25, 0.3) is 0 Å². The Hall–Kier alpha value is -2.43. The lowest BCUT2D eigenvalue weighted by Crippen LogP contribution is -2.22. The molecule has 11 heteroatoms. The van der Waals surface area contributed by atoms with Gasteiger partial charge in [-0.25, -0.2) is 21.9 Å². The number of benzene rings is 1. The summed E-state index contributed by atoms with van der Waals surface area (Å²) in [5.41, 5.74) is 3.29. The van der Waals surface area contributed by atoms with Crippen molar-refractivity contribution < 1.29 is 22.7 Å². The zero-order valence-electron chi connectivity index (χ0n) is 18.7. The van der Waals surface area contributed by atoms with E-state index in [0.717, 1.165) is 26.8 Å². The minimum absolute atomic E-state index is 0.0339. The number of aryl methyl sites for hydroxylation is 1. The van der Waals surface area contributed by atoms with E-state index in [1.165, 1.54) is 26.2 Å². The molecule has 0 spiro atoms. The van der Waals surface area contributed by atoms with Crippen molar-refractivity contribution in [1.29, 1.82) is 0 Å². The Morgan fingerprint density at radius 1 is 1.38 bits per heavy atom. The Morgan fingerprint density at radius 2 is 2.03 bits per heavy atom. The first-order valence-electron chi connectivity index (χ1n) is 9.93. The van der Waals surface area contributed by atoms with E-state index in [2.05, 4.69) is 10.4 Å². The number of carboxylic acid groups (broad SMARTS) is 1. The van der Waals surface area contributed by atoms with E-state index in [-0.39, 0.29) is 28.9 Å². The summed E-state index contributed by atoms with van der Waals surface area (Å²) in [6.45, 7) is 5.54. The van der Waals surface area contributed by atoms with Crippen molar-refractivity contribution in [3.63, 3.8) is 0 Å². The molecule has 0 fully saturated rings. The fourth-order valence-corrected chi connectivity index (χ4v) is 4.78. The van der Waals surface area contributed by atoms with Crippen LogP contribution in [0.3, 0.4) is 0 Å². The van der Waals surface area contributed by atoms with Gasteiger partial charge in [0.1, 0.15) is 10.7 Å². The molecule has 32 heavy (non-hydrogen) atoms. The molecule has 1 aromatic carbocycles. The molecule has 0 radical (unpaired) electrons. The van der Waals surface area contributed by atoms with Gasteiger partial charge in [-0.15, -0.1) is 0 Å². The highest BCUT2D eigenvalue weighted by atomic mass is 35.5. The molecular formula is C21H28ClFN4O4S. The number of nitrogens with one attached hydrogen (secondary N) is 1. The van der Waals surface area contributed by atoms with Crippen LogP contribution in [0.2, 0.25) is 5.02 Å². The second kappa shape index (κ2) is 10.5. The third-order valence-corrected chi connectivity index (χ3v) is 7.15. The number of amides is 1. The molecule has 0 aliphatic rings. The van der Waals surface area contributed by atoms with E-state index in [9.17, 15) is 17.6 Å². The molecule has 176 valence electrons. The van der Waals surface area contributed by atoms with Crippen LogP contribution in [0.1, 0.15) is 42.3 Å². The van der Waals surface area contributed by atoms with Crippen molar-refractivity contribution in [2.45, 2.75) is 44.6 Å². The van der Waals surface area contributed by atoms with Crippen LogP contribution in [-0.4, -0.2) is 54.3 Å². The number of sulfonamides is 1. The summed E-state index contributed by atoms with van der Waals surface area (Å²) in [5, 5.41) is 15.3. The maximum atomic E-state index is 14.3. The second-order valence-electron chi connectivity index (χ2n) is 7.83. The molecule has 2 aromatic rings. The van der Waals surface area contributed by atoms with Gasteiger partial charge in [-0.2, -0.15) is 5.10 Å². The molecule has 0 aliphatic carbocycles. The van der Waals surface area contributed by atoms with Crippen molar-refractivity contribution in [2.24, 2.45) is 0 Å².